The molecule has 0 aromatic heterocycles. The SMILES string of the molecule is CCCCNC(=O)C(C)C[C@H](O)[C@H](C[C@H](Cc1ccc(CCCC)c(O)c1)C(C)C)NC(=O)OC(C)(C)C. The highest BCUT2D eigenvalue weighted by molar-refractivity contribution is 5.78. The van der Waals surface area contributed by atoms with Crippen molar-refractivity contribution in [1.82, 2.24) is 10.6 Å². The molecular weight excluding hydrogens is 480 g/mol. The van der Waals surface area contributed by atoms with Crippen molar-refractivity contribution in [3.63, 3.8) is 0 Å². The van der Waals surface area contributed by atoms with E-state index in [2.05, 4.69) is 44.4 Å². The summed E-state index contributed by atoms with van der Waals surface area (Å²) < 4.78 is 5.48. The van der Waals surface area contributed by atoms with Gasteiger partial charge < -0.3 is 25.6 Å². The number of aryl methyl sites for hydroxylation is 1. The molecule has 0 aliphatic rings. The Balaban J connectivity index is 3.04. The highest BCUT2D eigenvalue weighted by Gasteiger charge is 2.31. The smallest absolute Gasteiger partial charge is 0.407 e. The first kappa shape index (κ1) is 33.7. The number of rotatable bonds is 16. The summed E-state index contributed by atoms with van der Waals surface area (Å²) >= 11 is 0. The predicted molar refractivity (Wildman–Crippen MR) is 154 cm³/mol. The second-order valence-electron chi connectivity index (χ2n) is 12.1. The lowest BCUT2D eigenvalue weighted by atomic mass is 9.81. The first-order valence-corrected chi connectivity index (χ1v) is 14.5. The van der Waals surface area contributed by atoms with Crippen LogP contribution in [-0.2, 0) is 22.4 Å². The Morgan fingerprint density at radius 2 is 1.68 bits per heavy atom. The molecule has 0 aliphatic heterocycles. The Labute approximate surface area is 231 Å². The van der Waals surface area contributed by atoms with Crippen molar-refractivity contribution in [2.75, 3.05) is 6.54 Å². The molecule has 7 heteroatoms. The number of hydrogen-bond donors (Lipinski definition) is 4. The Morgan fingerprint density at radius 1 is 1.03 bits per heavy atom. The average Bonchev–Trinajstić information content (AvgIpc) is 2.81. The lowest BCUT2D eigenvalue weighted by Gasteiger charge is -2.32. The van der Waals surface area contributed by atoms with Gasteiger partial charge in [-0.25, -0.2) is 4.79 Å². The van der Waals surface area contributed by atoms with Crippen molar-refractivity contribution in [3.8, 4) is 5.75 Å². The number of alkyl carbamates (subject to hydrolysis) is 1. The highest BCUT2D eigenvalue weighted by Crippen LogP contribution is 2.28. The molecule has 0 bridgehead atoms. The van der Waals surface area contributed by atoms with Crippen molar-refractivity contribution < 1.29 is 24.5 Å². The molecule has 2 amide bonds. The van der Waals surface area contributed by atoms with Gasteiger partial charge in [0.25, 0.3) is 0 Å². The molecule has 0 saturated heterocycles. The molecule has 0 spiro atoms. The lowest BCUT2D eigenvalue weighted by Crippen LogP contribution is -2.48. The maximum Gasteiger partial charge on any atom is 0.407 e. The van der Waals surface area contributed by atoms with Gasteiger partial charge in [0.2, 0.25) is 5.91 Å². The molecule has 4 atom stereocenters. The van der Waals surface area contributed by atoms with Crippen molar-refractivity contribution in [2.24, 2.45) is 17.8 Å². The number of carbonyl (C=O) groups excluding carboxylic acids is 2. The van der Waals surface area contributed by atoms with E-state index in [0.29, 0.717) is 25.1 Å². The zero-order valence-corrected chi connectivity index (χ0v) is 25.1. The third-order valence-electron chi connectivity index (χ3n) is 6.99. The van der Waals surface area contributed by atoms with E-state index in [-0.39, 0.29) is 24.2 Å². The Bertz CT molecular complexity index is 849. The quantitative estimate of drug-likeness (QED) is 0.191. The van der Waals surface area contributed by atoms with E-state index in [1.807, 2.05) is 12.1 Å². The van der Waals surface area contributed by atoms with Gasteiger partial charge in [-0.05, 0) is 88.3 Å². The molecule has 1 rings (SSSR count). The number of aliphatic hydroxyl groups excluding tert-OH is 1. The van der Waals surface area contributed by atoms with Crippen LogP contribution in [0.2, 0.25) is 0 Å². The standard InChI is InChI=1S/C31H54N2O5/c1-9-11-13-24-15-14-23(19-27(24)34)18-25(21(3)4)20-26(33-30(37)38-31(6,7)8)28(35)17-22(5)29(36)32-16-12-10-2/h14-15,19,21-22,25-26,28,34-35H,9-13,16-18,20H2,1-8H3,(H,32,36)(H,33,37)/t22?,25-,26-,28-/m0/s1. The lowest BCUT2D eigenvalue weighted by molar-refractivity contribution is -0.125. The molecule has 218 valence electrons. The zero-order chi connectivity index (χ0) is 28.9. The second-order valence-corrected chi connectivity index (χ2v) is 12.1. The van der Waals surface area contributed by atoms with Crippen molar-refractivity contribution in [2.45, 2.75) is 125 Å². The van der Waals surface area contributed by atoms with Crippen LogP contribution in [0.5, 0.6) is 5.75 Å². The Hall–Kier alpha value is -2.28. The molecule has 7 nitrogen and oxygen atoms in total. The van der Waals surface area contributed by atoms with Crippen LogP contribution in [0.15, 0.2) is 18.2 Å². The first-order valence-electron chi connectivity index (χ1n) is 14.5. The minimum atomic E-state index is -0.916. The predicted octanol–water partition coefficient (Wildman–Crippen LogP) is 6.14. The van der Waals surface area contributed by atoms with Gasteiger partial charge in [0.05, 0.1) is 12.1 Å². The number of phenolic OH excluding ortho intramolecular Hbond substituents is 1. The average molecular weight is 535 g/mol. The number of amides is 2. The van der Waals surface area contributed by atoms with Gasteiger partial charge in [0, 0.05) is 12.5 Å². The molecule has 1 unspecified atom stereocenters. The summed E-state index contributed by atoms with van der Waals surface area (Å²) in [7, 11) is 0. The number of benzene rings is 1. The van der Waals surface area contributed by atoms with E-state index in [4.69, 9.17) is 4.74 Å². The minimum Gasteiger partial charge on any atom is -0.508 e. The third-order valence-corrected chi connectivity index (χ3v) is 6.99. The van der Waals surface area contributed by atoms with Gasteiger partial charge >= 0.3 is 6.09 Å². The maximum absolute atomic E-state index is 12.7. The molecule has 0 aliphatic carbocycles. The van der Waals surface area contributed by atoms with Gasteiger partial charge in [0.1, 0.15) is 11.4 Å². The molecule has 1 aromatic rings. The zero-order valence-electron chi connectivity index (χ0n) is 25.1. The molecule has 0 radical (unpaired) electrons. The van der Waals surface area contributed by atoms with Gasteiger partial charge in [-0.1, -0.05) is 59.6 Å². The monoisotopic (exact) mass is 534 g/mol. The first-order chi connectivity index (χ1) is 17.8. The third kappa shape index (κ3) is 13.0. The molecule has 1 aromatic carbocycles. The highest BCUT2D eigenvalue weighted by atomic mass is 16.6. The maximum atomic E-state index is 12.7. The number of unbranched alkanes of at least 4 members (excludes halogenated alkanes) is 2. The van der Waals surface area contributed by atoms with Gasteiger partial charge in [-0.2, -0.15) is 0 Å². The van der Waals surface area contributed by atoms with Crippen LogP contribution in [-0.4, -0.2) is 46.5 Å². The van der Waals surface area contributed by atoms with Gasteiger partial charge in [-0.15, -0.1) is 0 Å². The van der Waals surface area contributed by atoms with E-state index in [9.17, 15) is 19.8 Å². The Kier molecular flexibility index (Phi) is 14.8. The normalized spacial score (nSPS) is 15.0. The summed E-state index contributed by atoms with van der Waals surface area (Å²) in [5.41, 5.74) is 1.32. The number of carbonyl (C=O) groups is 2. The Morgan fingerprint density at radius 3 is 2.24 bits per heavy atom. The van der Waals surface area contributed by atoms with Crippen LogP contribution < -0.4 is 10.6 Å². The summed E-state index contributed by atoms with van der Waals surface area (Å²) in [5, 5.41) is 27.6. The van der Waals surface area contributed by atoms with Crippen molar-refractivity contribution in [1.29, 1.82) is 0 Å². The van der Waals surface area contributed by atoms with E-state index in [1.54, 1.807) is 27.7 Å². The summed E-state index contributed by atoms with van der Waals surface area (Å²) in [6.45, 7) is 16.3. The summed E-state index contributed by atoms with van der Waals surface area (Å²) in [6.07, 6.45) is 4.82. The molecule has 38 heavy (non-hydrogen) atoms. The molecular formula is C31H54N2O5. The number of aromatic hydroxyl groups is 1. The summed E-state index contributed by atoms with van der Waals surface area (Å²) in [5.74, 6) is 0.230. The number of nitrogens with one attached hydrogen (secondary N) is 2. The fourth-order valence-electron chi connectivity index (χ4n) is 4.50. The van der Waals surface area contributed by atoms with Crippen LogP contribution in [0.3, 0.4) is 0 Å². The van der Waals surface area contributed by atoms with Crippen molar-refractivity contribution in [3.05, 3.63) is 29.3 Å². The minimum absolute atomic E-state index is 0.0902. The van der Waals surface area contributed by atoms with Crippen LogP contribution in [0, 0.1) is 17.8 Å². The topological polar surface area (TPSA) is 108 Å². The van der Waals surface area contributed by atoms with Crippen LogP contribution in [0.1, 0.15) is 105 Å². The summed E-state index contributed by atoms with van der Waals surface area (Å²) in [6, 6.07) is 5.33. The number of phenols is 1. The molecule has 0 heterocycles. The van der Waals surface area contributed by atoms with E-state index < -0.39 is 29.8 Å². The van der Waals surface area contributed by atoms with Gasteiger partial charge in [0.15, 0.2) is 0 Å². The second kappa shape index (κ2) is 16.6. The summed E-state index contributed by atoms with van der Waals surface area (Å²) in [4.78, 5) is 25.2. The van der Waals surface area contributed by atoms with Crippen LogP contribution in [0.4, 0.5) is 4.79 Å². The van der Waals surface area contributed by atoms with Crippen LogP contribution >= 0.6 is 0 Å². The van der Waals surface area contributed by atoms with E-state index in [1.165, 1.54) is 0 Å². The van der Waals surface area contributed by atoms with E-state index in [0.717, 1.165) is 43.2 Å². The molecule has 4 N–H and O–H groups in total. The fourth-order valence-corrected chi connectivity index (χ4v) is 4.50. The largest absolute Gasteiger partial charge is 0.508 e. The van der Waals surface area contributed by atoms with E-state index >= 15 is 0 Å². The van der Waals surface area contributed by atoms with Gasteiger partial charge in [-0.3, -0.25) is 4.79 Å². The number of hydrogen-bond acceptors (Lipinski definition) is 5. The van der Waals surface area contributed by atoms with Crippen LogP contribution in [0.25, 0.3) is 0 Å². The fraction of sp³-hybridized carbons (Fsp3) is 0.742. The number of aliphatic hydroxyl groups is 1. The van der Waals surface area contributed by atoms with Crippen molar-refractivity contribution >= 4 is 12.0 Å². The molecule has 0 fully saturated rings. The number of ether oxygens (including phenoxy) is 1. The molecule has 0 saturated carbocycles.